The summed E-state index contributed by atoms with van der Waals surface area (Å²) in [6.45, 7) is 3.97. The van der Waals surface area contributed by atoms with Crippen LogP contribution in [0.1, 0.15) is 18.4 Å². The third kappa shape index (κ3) is 2.83. The van der Waals surface area contributed by atoms with E-state index < -0.39 is 0 Å². The van der Waals surface area contributed by atoms with Crippen molar-refractivity contribution in [3.8, 4) is 11.3 Å². The molecule has 0 spiro atoms. The number of anilines is 1. The van der Waals surface area contributed by atoms with Crippen molar-refractivity contribution in [2.24, 2.45) is 5.73 Å². The molecule has 1 aliphatic rings. The van der Waals surface area contributed by atoms with Gasteiger partial charge in [-0.2, -0.15) is 0 Å². The van der Waals surface area contributed by atoms with Crippen LogP contribution in [0.15, 0.2) is 42.9 Å². The Hall–Kier alpha value is -2.53. The molecule has 24 heavy (non-hydrogen) atoms. The number of hydrogen-bond acceptors (Lipinski definition) is 5. The van der Waals surface area contributed by atoms with E-state index in [2.05, 4.69) is 46.1 Å². The summed E-state index contributed by atoms with van der Waals surface area (Å²) >= 11 is 0. The fourth-order valence-electron chi connectivity index (χ4n) is 3.28. The third-order valence-electron chi connectivity index (χ3n) is 4.65. The molecule has 0 amide bonds. The first-order chi connectivity index (χ1) is 11.7. The molecule has 0 bridgehead atoms. The van der Waals surface area contributed by atoms with Crippen molar-refractivity contribution in [1.82, 2.24) is 15.0 Å². The van der Waals surface area contributed by atoms with Crippen LogP contribution in [-0.2, 0) is 0 Å². The lowest BCUT2D eigenvalue weighted by Gasteiger charge is -2.32. The number of hydrogen-bond donors (Lipinski definition) is 1. The zero-order chi connectivity index (χ0) is 16.5. The Bertz CT molecular complexity index is 854. The van der Waals surface area contributed by atoms with Crippen molar-refractivity contribution in [2.75, 3.05) is 18.0 Å². The van der Waals surface area contributed by atoms with Gasteiger partial charge in [-0.05, 0) is 44.0 Å². The van der Waals surface area contributed by atoms with Gasteiger partial charge in [0.1, 0.15) is 12.1 Å². The summed E-state index contributed by atoms with van der Waals surface area (Å²) in [6.07, 6.45) is 5.36. The van der Waals surface area contributed by atoms with Gasteiger partial charge in [0.2, 0.25) is 0 Å². The third-order valence-corrected chi connectivity index (χ3v) is 4.65. The molecule has 2 aromatic heterocycles. The first-order valence-corrected chi connectivity index (χ1v) is 8.39. The van der Waals surface area contributed by atoms with Crippen LogP contribution in [-0.4, -0.2) is 34.1 Å². The molecule has 5 nitrogen and oxygen atoms in total. The maximum absolute atomic E-state index is 6.06. The van der Waals surface area contributed by atoms with Crippen LogP contribution in [0.25, 0.3) is 22.2 Å². The molecule has 0 aliphatic carbocycles. The molecule has 1 fully saturated rings. The largest absolute Gasteiger partial charge is 0.356 e. The zero-order valence-electron chi connectivity index (χ0n) is 13.8. The van der Waals surface area contributed by atoms with Crippen molar-refractivity contribution in [3.63, 3.8) is 0 Å². The Morgan fingerprint density at radius 2 is 1.96 bits per heavy atom. The fourth-order valence-corrected chi connectivity index (χ4v) is 3.28. The van der Waals surface area contributed by atoms with Crippen molar-refractivity contribution in [3.05, 3.63) is 48.4 Å². The molecule has 4 rings (SSSR count). The van der Waals surface area contributed by atoms with Crippen LogP contribution < -0.4 is 10.6 Å². The molecular weight excluding hydrogens is 298 g/mol. The smallest absolute Gasteiger partial charge is 0.138 e. The molecule has 0 radical (unpaired) electrons. The average molecular weight is 319 g/mol. The second kappa shape index (κ2) is 6.17. The summed E-state index contributed by atoms with van der Waals surface area (Å²) in [5, 5.41) is 1.14. The van der Waals surface area contributed by atoms with E-state index in [-0.39, 0.29) is 0 Å². The number of aromatic nitrogens is 3. The zero-order valence-corrected chi connectivity index (χ0v) is 13.8. The molecule has 0 saturated carbocycles. The number of fused-ring (bicyclic) bond motifs is 1. The number of rotatable bonds is 2. The monoisotopic (exact) mass is 319 g/mol. The normalized spacial score (nSPS) is 15.8. The van der Waals surface area contributed by atoms with Gasteiger partial charge >= 0.3 is 0 Å². The van der Waals surface area contributed by atoms with Crippen LogP contribution in [0, 0.1) is 6.92 Å². The molecular formula is C19H21N5. The maximum atomic E-state index is 6.06. The highest BCUT2D eigenvalue weighted by atomic mass is 15.2. The Labute approximate surface area is 141 Å². The fraction of sp³-hybridized carbons (Fsp3) is 0.316. The van der Waals surface area contributed by atoms with E-state index in [1.54, 1.807) is 12.5 Å². The van der Waals surface area contributed by atoms with Gasteiger partial charge in [0.25, 0.3) is 0 Å². The highest BCUT2D eigenvalue weighted by Crippen LogP contribution is 2.32. The molecule has 2 N–H and O–H groups in total. The number of nitrogens with two attached hydrogens (primary N) is 1. The summed E-state index contributed by atoms with van der Waals surface area (Å²) in [4.78, 5) is 15.8. The Kier molecular flexibility index (Phi) is 3.86. The molecule has 3 heterocycles. The summed E-state index contributed by atoms with van der Waals surface area (Å²) in [6, 6.07) is 10.8. The van der Waals surface area contributed by atoms with Gasteiger partial charge in [-0.25, -0.2) is 15.0 Å². The van der Waals surface area contributed by atoms with E-state index in [0.717, 1.165) is 53.9 Å². The quantitative estimate of drug-likeness (QED) is 0.786. The van der Waals surface area contributed by atoms with Gasteiger partial charge in [-0.3, -0.25) is 0 Å². The van der Waals surface area contributed by atoms with Gasteiger partial charge in [0, 0.05) is 36.3 Å². The molecule has 5 heteroatoms. The van der Waals surface area contributed by atoms with Crippen molar-refractivity contribution in [2.45, 2.75) is 25.8 Å². The molecule has 1 aromatic carbocycles. The molecule has 0 atom stereocenters. The number of pyridine rings is 1. The van der Waals surface area contributed by atoms with Crippen LogP contribution in [0.5, 0.6) is 0 Å². The van der Waals surface area contributed by atoms with Gasteiger partial charge < -0.3 is 10.6 Å². The molecule has 3 aromatic rings. The van der Waals surface area contributed by atoms with Crippen LogP contribution in [0.3, 0.4) is 0 Å². The highest BCUT2D eigenvalue weighted by Gasteiger charge is 2.21. The lowest BCUT2D eigenvalue weighted by Crippen LogP contribution is -2.40. The minimum atomic E-state index is 0.298. The minimum Gasteiger partial charge on any atom is -0.356 e. The van der Waals surface area contributed by atoms with Gasteiger partial charge in [-0.1, -0.05) is 11.6 Å². The first kappa shape index (κ1) is 15.0. The molecule has 1 aliphatic heterocycles. The molecule has 0 unspecified atom stereocenters. The number of aryl methyl sites for hydroxylation is 1. The lowest BCUT2D eigenvalue weighted by molar-refractivity contribution is 0.499. The number of piperidine rings is 1. The second-order valence-electron chi connectivity index (χ2n) is 6.47. The Morgan fingerprint density at radius 1 is 1.12 bits per heavy atom. The molecule has 1 saturated heterocycles. The van der Waals surface area contributed by atoms with E-state index in [4.69, 9.17) is 10.7 Å². The van der Waals surface area contributed by atoms with E-state index in [1.165, 1.54) is 5.56 Å². The Balaban J connectivity index is 1.87. The van der Waals surface area contributed by atoms with Crippen molar-refractivity contribution < 1.29 is 0 Å². The Morgan fingerprint density at radius 3 is 2.71 bits per heavy atom. The maximum Gasteiger partial charge on any atom is 0.138 e. The highest BCUT2D eigenvalue weighted by molar-refractivity contribution is 5.89. The topological polar surface area (TPSA) is 67.9 Å². The van der Waals surface area contributed by atoms with Crippen molar-refractivity contribution >= 4 is 16.7 Å². The number of nitrogens with zero attached hydrogens (tertiary/aromatic N) is 4. The molecule has 122 valence electrons. The minimum absolute atomic E-state index is 0.298. The van der Waals surface area contributed by atoms with E-state index in [0.29, 0.717) is 6.04 Å². The van der Waals surface area contributed by atoms with E-state index in [1.807, 2.05) is 6.07 Å². The van der Waals surface area contributed by atoms with Crippen LogP contribution >= 0.6 is 0 Å². The second-order valence-corrected chi connectivity index (χ2v) is 6.47. The van der Waals surface area contributed by atoms with Crippen LogP contribution in [0.4, 0.5) is 5.82 Å². The lowest BCUT2D eigenvalue weighted by atomic mass is 10.0. The summed E-state index contributed by atoms with van der Waals surface area (Å²) < 4.78 is 0. The predicted molar refractivity (Wildman–Crippen MR) is 96.9 cm³/mol. The summed E-state index contributed by atoms with van der Waals surface area (Å²) in [5.74, 6) is 0.997. The summed E-state index contributed by atoms with van der Waals surface area (Å²) in [5.41, 5.74) is 10.3. The van der Waals surface area contributed by atoms with Gasteiger partial charge in [0.15, 0.2) is 0 Å². The SMILES string of the molecule is Cc1ccc2nc(N3CCC(N)CC3)c(-c3ccncn3)cc2c1. The predicted octanol–water partition coefficient (Wildman–Crippen LogP) is 2.93. The number of benzene rings is 1. The standard InChI is InChI=1S/C19H21N5/c1-13-2-3-17-14(10-13)11-16(18-4-7-21-12-22-18)19(23-17)24-8-5-15(20)6-9-24/h2-4,7,10-12,15H,5-6,8-9,20H2,1H3. The van der Waals surface area contributed by atoms with Gasteiger partial charge in [0.05, 0.1) is 11.2 Å². The van der Waals surface area contributed by atoms with Crippen molar-refractivity contribution in [1.29, 1.82) is 0 Å². The average Bonchev–Trinajstić information content (AvgIpc) is 2.62. The van der Waals surface area contributed by atoms with E-state index >= 15 is 0 Å². The first-order valence-electron chi connectivity index (χ1n) is 8.39. The summed E-state index contributed by atoms with van der Waals surface area (Å²) in [7, 11) is 0. The van der Waals surface area contributed by atoms with Crippen LogP contribution in [0.2, 0.25) is 0 Å². The van der Waals surface area contributed by atoms with E-state index in [9.17, 15) is 0 Å². The van der Waals surface area contributed by atoms with Gasteiger partial charge in [-0.15, -0.1) is 0 Å².